The number of phenols is 1. The van der Waals surface area contributed by atoms with E-state index in [1.807, 2.05) is 24.3 Å². The lowest BCUT2D eigenvalue weighted by Gasteiger charge is -2.04. The molecule has 1 heterocycles. The lowest BCUT2D eigenvalue weighted by atomic mass is 10.2. The van der Waals surface area contributed by atoms with E-state index in [1.165, 1.54) is 30.7 Å². The largest absolute Gasteiger partial charge is 0.507 e. The fourth-order valence-electron chi connectivity index (χ4n) is 2.38. The zero-order valence-electron chi connectivity index (χ0n) is 14.7. The van der Waals surface area contributed by atoms with Crippen molar-refractivity contribution in [1.29, 1.82) is 0 Å². The highest BCUT2D eigenvalue weighted by molar-refractivity contribution is 7.21. The third-order valence-electron chi connectivity index (χ3n) is 3.78. The van der Waals surface area contributed by atoms with E-state index in [1.54, 1.807) is 12.1 Å². The van der Waals surface area contributed by atoms with Gasteiger partial charge in [-0.15, -0.1) is 11.3 Å². The zero-order chi connectivity index (χ0) is 20.1. The van der Waals surface area contributed by atoms with Crippen molar-refractivity contribution in [2.75, 3.05) is 13.7 Å². The molecule has 1 aromatic heterocycles. The molecule has 0 atom stereocenters. The predicted octanol–water partition coefficient (Wildman–Crippen LogP) is 3.15. The van der Waals surface area contributed by atoms with Crippen molar-refractivity contribution >= 4 is 51.1 Å². The Morgan fingerprint density at radius 3 is 2.82 bits per heavy atom. The molecule has 0 spiro atoms. The number of ether oxygens (including phenoxy) is 1. The maximum Gasteiger partial charge on any atom is 0.263 e. The summed E-state index contributed by atoms with van der Waals surface area (Å²) in [6.07, 6.45) is 1.28. The molecule has 7 nitrogen and oxygen atoms in total. The molecule has 2 amide bonds. The number of halogens is 1. The van der Waals surface area contributed by atoms with Crippen LogP contribution in [0, 0.1) is 0 Å². The fourth-order valence-corrected chi connectivity index (χ4v) is 3.81. The lowest BCUT2D eigenvalue weighted by molar-refractivity contribution is -0.120. The van der Waals surface area contributed by atoms with E-state index in [-0.39, 0.29) is 12.3 Å². The smallest absolute Gasteiger partial charge is 0.263 e. The number of amides is 2. The van der Waals surface area contributed by atoms with Gasteiger partial charge in [0.15, 0.2) is 0 Å². The lowest BCUT2D eigenvalue weighted by Crippen LogP contribution is -2.34. The number of rotatable bonds is 6. The van der Waals surface area contributed by atoms with Crippen LogP contribution < -0.4 is 15.5 Å². The second kappa shape index (κ2) is 8.73. The highest BCUT2D eigenvalue weighted by Gasteiger charge is 2.17. The molecule has 2 aromatic carbocycles. The topological polar surface area (TPSA) is 100 Å². The van der Waals surface area contributed by atoms with Crippen molar-refractivity contribution in [2.24, 2.45) is 5.10 Å². The maximum absolute atomic E-state index is 12.3. The molecule has 0 saturated carbocycles. The summed E-state index contributed by atoms with van der Waals surface area (Å²) in [5, 5.41) is 17.2. The van der Waals surface area contributed by atoms with Crippen LogP contribution >= 0.6 is 22.9 Å². The van der Waals surface area contributed by atoms with Crippen LogP contribution in [0.4, 0.5) is 0 Å². The molecule has 0 aliphatic heterocycles. The van der Waals surface area contributed by atoms with Crippen LogP contribution in [0.2, 0.25) is 5.02 Å². The molecule has 9 heteroatoms. The number of nitrogens with one attached hydrogen (secondary N) is 2. The Labute approximate surface area is 169 Å². The van der Waals surface area contributed by atoms with E-state index in [0.29, 0.717) is 21.2 Å². The average Bonchev–Trinajstić information content (AvgIpc) is 3.04. The van der Waals surface area contributed by atoms with E-state index in [2.05, 4.69) is 15.8 Å². The second-order valence-corrected chi connectivity index (χ2v) is 7.07. The first kappa shape index (κ1) is 19.7. The van der Waals surface area contributed by atoms with Gasteiger partial charge in [-0.25, -0.2) is 5.43 Å². The maximum atomic E-state index is 12.3. The van der Waals surface area contributed by atoms with Gasteiger partial charge in [-0.3, -0.25) is 9.59 Å². The second-order valence-electron chi connectivity index (χ2n) is 5.64. The van der Waals surface area contributed by atoms with E-state index in [0.717, 1.165) is 10.1 Å². The minimum Gasteiger partial charge on any atom is -0.507 e. The molecular weight excluding hydrogens is 402 g/mol. The van der Waals surface area contributed by atoms with Gasteiger partial charge in [-0.2, -0.15) is 5.10 Å². The van der Waals surface area contributed by atoms with E-state index >= 15 is 0 Å². The van der Waals surface area contributed by atoms with E-state index < -0.39 is 11.8 Å². The first-order valence-electron chi connectivity index (χ1n) is 8.13. The summed E-state index contributed by atoms with van der Waals surface area (Å²) < 4.78 is 5.95. The third kappa shape index (κ3) is 4.41. The monoisotopic (exact) mass is 417 g/mol. The van der Waals surface area contributed by atoms with Crippen LogP contribution in [0.1, 0.15) is 15.2 Å². The van der Waals surface area contributed by atoms with Crippen molar-refractivity contribution in [3.8, 4) is 11.5 Å². The number of hydrazone groups is 1. The number of benzene rings is 2. The standard InChI is InChI=1S/C19H16ClN3O4S/c1-27-12-6-7-14(24)11(8-12)9-22-23-16(25)10-21-19(26)18-17(20)13-4-2-3-5-15(13)28-18/h2-9,24H,10H2,1H3,(H,21,26)(H,23,25)/b22-9-. The molecule has 0 radical (unpaired) electrons. The Morgan fingerprint density at radius 1 is 1.29 bits per heavy atom. The summed E-state index contributed by atoms with van der Waals surface area (Å²) in [5.41, 5.74) is 2.65. The van der Waals surface area contributed by atoms with Crippen LogP contribution in [0.5, 0.6) is 11.5 Å². The number of fused-ring (bicyclic) bond motifs is 1. The summed E-state index contributed by atoms with van der Waals surface area (Å²) in [5.74, 6) is -0.426. The highest BCUT2D eigenvalue weighted by atomic mass is 35.5. The Morgan fingerprint density at radius 2 is 2.07 bits per heavy atom. The van der Waals surface area contributed by atoms with Gasteiger partial charge in [-0.05, 0) is 24.3 Å². The van der Waals surface area contributed by atoms with Gasteiger partial charge in [0.25, 0.3) is 11.8 Å². The van der Waals surface area contributed by atoms with Crippen LogP contribution in [-0.4, -0.2) is 36.8 Å². The average molecular weight is 418 g/mol. The molecule has 0 saturated heterocycles. The third-order valence-corrected chi connectivity index (χ3v) is 5.45. The number of hydrogen-bond donors (Lipinski definition) is 3. The van der Waals surface area contributed by atoms with Gasteiger partial charge >= 0.3 is 0 Å². The van der Waals surface area contributed by atoms with E-state index in [9.17, 15) is 14.7 Å². The number of carbonyl (C=O) groups is 2. The van der Waals surface area contributed by atoms with Crippen molar-refractivity contribution in [3.05, 3.63) is 57.9 Å². The first-order valence-corrected chi connectivity index (χ1v) is 9.33. The number of methoxy groups -OCH3 is 1. The summed E-state index contributed by atoms with van der Waals surface area (Å²) in [7, 11) is 1.50. The molecule has 3 rings (SSSR count). The van der Waals surface area contributed by atoms with Gasteiger partial charge in [0.2, 0.25) is 0 Å². The van der Waals surface area contributed by atoms with Gasteiger partial charge in [0.05, 0.1) is 24.9 Å². The summed E-state index contributed by atoms with van der Waals surface area (Å²) in [4.78, 5) is 24.5. The Hall–Kier alpha value is -3.10. The number of phenolic OH excluding ortho intramolecular Hbond substituents is 1. The SMILES string of the molecule is COc1ccc(O)c(/C=N\NC(=O)CNC(=O)c2sc3ccccc3c2Cl)c1. The Bertz CT molecular complexity index is 1060. The molecule has 0 aliphatic rings. The van der Waals surface area contributed by atoms with Gasteiger partial charge in [0.1, 0.15) is 16.4 Å². The number of hydrogen-bond acceptors (Lipinski definition) is 6. The molecule has 3 aromatic rings. The normalized spacial score (nSPS) is 10.9. The molecule has 0 fully saturated rings. The van der Waals surface area contributed by atoms with Crippen LogP contribution in [0.3, 0.4) is 0 Å². The minimum atomic E-state index is -0.524. The van der Waals surface area contributed by atoms with Crippen molar-refractivity contribution < 1.29 is 19.4 Å². The molecular formula is C19H16ClN3O4S. The molecule has 0 aliphatic carbocycles. The van der Waals surface area contributed by atoms with Gasteiger partial charge < -0.3 is 15.2 Å². The van der Waals surface area contributed by atoms with Crippen molar-refractivity contribution in [3.63, 3.8) is 0 Å². The molecule has 0 bridgehead atoms. The van der Waals surface area contributed by atoms with Crippen molar-refractivity contribution in [1.82, 2.24) is 10.7 Å². The Balaban J connectivity index is 1.56. The molecule has 0 unspecified atom stereocenters. The van der Waals surface area contributed by atoms with Crippen molar-refractivity contribution in [2.45, 2.75) is 0 Å². The fraction of sp³-hybridized carbons (Fsp3) is 0.105. The predicted molar refractivity (Wildman–Crippen MR) is 110 cm³/mol. The quantitative estimate of drug-likeness (QED) is 0.423. The molecule has 3 N–H and O–H groups in total. The number of aromatic hydroxyl groups is 1. The zero-order valence-corrected chi connectivity index (χ0v) is 16.3. The number of nitrogens with zero attached hydrogens (tertiary/aromatic N) is 1. The van der Waals surface area contributed by atoms with Gasteiger partial charge in [0, 0.05) is 15.6 Å². The van der Waals surface area contributed by atoms with Crippen LogP contribution in [0.25, 0.3) is 10.1 Å². The molecule has 28 heavy (non-hydrogen) atoms. The summed E-state index contributed by atoms with van der Waals surface area (Å²) >= 11 is 7.51. The first-order chi connectivity index (χ1) is 13.5. The van der Waals surface area contributed by atoms with Crippen LogP contribution in [-0.2, 0) is 4.79 Å². The summed E-state index contributed by atoms with van der Waals surface area (Å²) in [6.45, 7) is -0.273. The number of thiophene rings is 1. The number of carbonyl (C=O) groups excluding carboxylic acids is 2. The van der Waals surface area contributed by atoms with Crippen LogP contribution in [0.15, 0.2) is 47.6 Å². The summed E-state index contributed by atoms with van der Waals surface area (Å²) in [6, 6.07) is 12.0. The van der Waals surface area contributed by atoms with Gasteiger partial charge in [-0.1, -0.05) is 29.8 Å². The minimum absolute atomic E-state index is 0.00787. The highest BCUT2D eigenvalue weighted by Crippen LogP contribution is 2.34. The Kier molecular flexibility index (Phi) is 6.13. The van der Waals surface area contributed by atoms with E-state index in [4.69, 9.17) is 16.3 Å². The molecule has 144 valence electrons.